The van der Waals surface area contributed by atoms with Crippen LogP contribution < -0.4 is 10.1 Å². The first kappa shape index (κ1) is 14.6. The van der Waals surface area contributed by atoms with Crippen LogP contribution in [0.3, 0.4) is 0 Å². The molecule has 0 fully saturated rings. The van der Waals surface area contributed by atoms with Gasteiger partial charge in [0.2, 0.25) is 0 Å². The molecule has 1 heterocycles. The van der Waals surface area contributed by atoms with Gasteiger partial charge in [0.1, 0.15) is 11.4 Å². The number of ether oxygens (including phenoxy) is 2. The fourth-order valence-corrected chi connectivity index (χ4v) is 2.49. The number of hydrogen-bond donors (Lipinski definition) is 1. The molecule has 0 saturated heterocycles. The summed E-state index contributed by atoms with van der Waals surface area (Å²) in [5.74, 6) is 0.799. The van der Waals surface area contributed by atoms with Crippen molar-refractivity contribution in [2.45, 2.75) is 33.3 Å². The van der Waals surface area contributed by atoms with Crippen molar-refractivity contribution in [2.24, 2.45) is 0 Å². The maximum absolute atomic E-state index is 11.7. The molecule has 0 aliphatic carbocycles. The van der Waals surface area contributed by atoms with Crippen LogP contribution in [0.1, 0.15) is 27.7 Å². The minimum atomic E-state index is -0.525. The average Bonchev–Trinajstić information content (AvgIpc) is 2.67. The molecule has 0 saturated carbocycles. The number of amides is 1. The number of carbonyl (C=O) groups is 1. The van der Waals surface area contributed by atoms with Gasteiger partial charge >= 0.3 is 6.09 Å². The summed E-state index contributed by atoms with van der Waals surface area (Å²) in [6, 6.07) is 5.65. The van der Waals surface area contributed by atoms with Crippen molar-refractivity contribution in [2.75, 3.05) is 11.9 Å². The highest BCUT2D eigenvalue weighted by molar-refractivity contribution is 7.22. The van der Waals surface area contributed by atoms with Crippen molar-refractivity contribution in [1.82, 2.24) is 4.98 Å². The number of aromatic nitrogens is 1. The summed E-state index contributed by atoms with van der Waals surface area (Å²) in [5, 5.41) is 3.16. The Labute approximate surface area is 121 Å². The second kappa shape index (κ2) is 5.66. The number of rotatable bonds is 3. The van der Waals surface area contributed by atoms with E-state index in [0.29, 0.717) is 11.7 Å². The highest BCUT2D eigenvalue weighted by Crippen LogP contribution is 2.29. The first-order valence-electron chi connectivity index (χ1n) is 6.41. The minimum Gasteiger partial charge on any atom is -0.494 e. The van der Waals surface area contributed by atoms with Crippen LogP contribution in [0.2, 0.25) is 0 Å². The molecule has 1 N–H and O–H groups in total. The third kappa shape index (κ3) is 3.84. The molecule has 2 rings (SSSR count). The van der Waals surface area contributed by atoms with Crippen LogP contribution in [0.25, 0.3) is 10.2 Å². The number of anilines is 1. The SMILES string of the molecule is CCOc1ccc2nc(NC(=O)OC(C)(C)C)sc2c1. The molecule has 20 heavy (non-hydrogen) atoms. The molecule has 2 aromatic rings. The molecule has 0 bridgehead atoms. The van der Waals surface area contributed by atoms with E-state index < -0.39 is 11.7 Å². The predicted molar refractivity (Wildman–Crippen MR) is 80.6 cm³/mol. The summed E-state index contributed by atoms with van der Waals surface area (Å²) < 4.78 is 11.6. The van der Waals surface area contributed by atoms with E-state index >= 15 is 0 Å². The second-order valence-electron chi connectivity index (χ2n) is 5.21. The van der Waals surface area contributed by atoms with E-state index in [1.807, 2.05) is 45.9 Å². The monoisotopic (exact) mass is 294 g/mol. The summed E-state index contributed by atoms with van der Waals surface area (Å²) in [5.41, 5.74) is 0.299. The van der Waals surface area contributed by atoms with Gasteiger partial charge in [-0.25, -0.2) is 9.78 Å². The maximum atomic E-state index is 11.7. The summed E-state index contributed by atoms with van der Waals surface area (Å²) in [4.78, 5) is 16.0. The maximum Gasteiger partial charge on any atom is 0.413 e. The number of thiazole rings is 1. The van der Waals surface area contributed by atoms with Gasteiger partial charge in [-0.05, 0) is 45.9 Å². The molecular weight excluding hydrogens is 276 g/mol. The lowest BCUT2D eigenvalue weighted by atomic mass is 10.2. The number of carbonyl (C=O) groups excluding carboxylic acids is 1. The smallest absolute Gasteiger partial charge is 0.413 e. The number of nitrogens with one attached hydrogen (secondary N) is 1. The number of fused-ring (bicyclic) bond motifs is 1. The molecule has 5 nitrogen and oxygen atoms in total. The fourth-order valence-electron chi connectivity index (χ4n) is 1.61. The van der Waals surface area contributed by atoms with Crippen molar-refractivity contribution in [1.29, 1.82) is 0 Å². The van der Waals surface area contributed by atoms with Crippen LogP contribution in [0, 0.1) is 0 Å². The van der Waals surface area contributed by atoms with E-state index in [0.717, 1.165) is 16.0 Å². The third-order valence-corrected chi connectivity index (χ3v) is 3.21. The zero-order chi connectivity index (χ0) is 14.8. The molecular formula is C14H18N2O3S. The van der Waals surface area contributed by atoms with Crippen LogP contribution in [0.5, 0.6) is 5.75 Å². The first-order valence-corrected chi connectivity index (χ1v) is 7.22. The van der Waals surface area contributed by atoms with E-state index in [2.05, 4.69) is 10.3 Å². The van der Waals surface area contributed by atoms with Gasteiger partial charge in [-0.15, -0.1) is 0 Å². The largest absolute Gasteiger partial charge is 0.494 e. The molecule has 108 valence electrons. The number of hydrogen-bond acceptors (Lipinski definition) is 5. The zero-order valence-corrected chi connectivity index (χ0v) is 12.8. The number of benzene rings is 1. The summed E-state index contributed by atoms with van der Waals surface area (Å²) in [6.07, 6.45) is -0.499. The highest BCUT2D eigenvalue weighted by Gasteiger charge is 2.17. The van der Waals surface area contributed by atoms with Crippen molar-refractivity contribution in [3.05, 3.63) is 18.2 Å². The minimum absolute atomic E-state index is 0.499. The normalized spacial score (nSPS) is 11.4. The van der Waals surface area contributed by atoms with Gasteiger partial charge in [0.15, 0.2) is 5.13 Å². The summed E-state index contributed by atoms with van der Waals surface area (Å²) >= 11 is 1.39. The van der Waals surface area contributed by atoms with Gasteiger partial charge in [-0.2, -0.15) is 0 Å². The molecule has 0 radical (unpaired) electrons. The van der Waals surface area contributed by atoms with E-state index in [9.17, 15) is 4.79 Å². The van der Waals surface area contributed by atoms with E-state index in [-0.39, 0.29) is 0 Å². The Morgan fingerprint density at radius 3 is 2.80 bits per heavy atom. The van der Waals surface area contributed by atoms with Crippen molar-refractivity contribution >= 4 is 32.8 Å². The lowest BCUT2D eigenvalue weighted by Crippen LogP contribution is -2.27. The first-order chi connectivity index (χ1) is 9.37. The van der Waals surface area contributed by atoms with Gasteiger partial charge in [0.05, 0.1) is 16.8 Å². The van der Waals surface area contributed by atoms with Crippen LogP contribution in [0.15, 0.2) is 18.2 Å². The topological polar surface area (TPSA) is 60.5 Å². The molecule has 0 aliphatic rings. The molecule has 0 aliphatic heterocycles. The van der Waals surface area contributed by atoms with Crippen molar-refractivity contribution in [3.8, 4) is 5.75 Å². The number of nitrogens with zero attached hydrogens (tertiary/aromatic N) is 1. The van der Waals surface area contributed by atoms with Crippen LogP contribution >= 0.6 is 11.3 Å². The Balaban J connectivity index is 2.13. The van der Waals surface area contributed by atoms with Gasteiger partial charge in [0, 0.05) is 0 Å². The summed E-state index contributed by atoms with van der Waals surface area (Å²) in [6.45, 7) is 8.01. The molecule has 6 heteroatoms. The molecule has 1 amide bonds. The van der Waals surface area contributed by atoms with E-state index in [1.165, 1.54) is 11.3 Å². The highest BCUT2D eigenvalue weighted by atomic mass is 32.1. The second-order valence-corrected chi connectivity index (χ2v) is 6.24. The lowest BCUT2D eigenvalue weighted by Gasteiger charge is -2.18. The van der Waals surface area contributed by atoms with E-state index in [1.54, 1.807) is 0 Å². The van der Waals surface area contributed by atoms with Crippen LogP contribution in [-0.4, -0.2) is 23.3 Å². The standard InChI is InChI=1S/C14H18N2O3S/c1-5-18-9-6-7-10-11(8-9)20-12(15-10)16-13(17)19-14(2,3)4/h6-8H,5H2,1-4H3,(H,15,16,17). The Morgan fingerprint density at radius 2 is 2.15 bits per heavy atom. The molecule has 1 aromatic carbocycles. The van der Waals surface area contributed by atoms with E-state index in [4.69, 9.17) is 9.47 Å². The van der Waals surface area contributed by atoms with Crippen LogP contribution in [0.4, 0.5) is 9.93 Å². The fraction of sp³-hybridized carbons (Fsp3) is 0.429. The molecule has 0 atom stereocenters. The Bertz CT molecular complexity index is 616. The Morgan fingerprint density at radius 1 is 1.40 bits per heavy atom. The Hall–Kier alpha value is -1.82. The average molecular weight is 294 g/mol. The summed E-state index contributed by atoms with van der Waals surface area (Å²) in [7, 11) is 0. The van der Waals surface area contributed by atoms with Gasteiger partial charge in [0.25, 0.3) is 0 Å². The lowest BCUT2D eigenvalue weighted by molar-refractivity contribution is 0.0636. The van der Waals surface area contributed by atoms with Crippen molar-refractivity contribution in [3.63, 3.8) is 0 Å². The predicted octanol–water partition coefficient (Wildman–Crippen LogP) is 4.04. The Kier molecular flexibility index (Phi) is 4.13. The van der Waals surface area contributed by atoms with Gasteiger partial charge in [-0.3, -0.25) is 5.32 Å². The van der Waals surface area contributed by atoms with Gasteiger partial charge in [-0.1, -0.05) is 11.3 Å². The zero-order valence-electron chi connectivity index (χ0n) is 12.0. The third-order valence-electron chi connectivity index (χ3n) is 2.28. The quantitative estimate of drug-likeness (QED) is 0.928. The molecule has 0 spiro atoms. The van der Waals surface area contributed by atoms with Crippen molar-refractivity contribution < 1.29 is 14.3 Å². The van der Waals surface area contributed by atoms with Gasteiger partial charge < -0.3 is 9.47 Å². The molecule has 1 aromatic heterocycles. The molecule has 0 unspecified atom stereocenters. The van der Waals surface area contributed by atoms with Crippen LogP contribution in [-0.2, 0) is 4.74 Å².